The maximum absolute atomic E-state index is 12.3. The summed E-state index contributed by atoms with van der Waals surface area (Å²) in [7, 11) is 1.42. The van der Waals surface area contributed by atoms with Crippen LogP contribution in [0.15, 0.2) is 146 Å². The van der Waals surface area contributed by atoms with Crippen molar-refractivity contribution in [1.29, 1.82) is 0 Å². The third-order valence-corrected chi connectivity index (χ3v) is 10.9. The SMILES string of the molecule is CC(C)(O)c1ccccc1-c1cc2c(c3ccccc13)-c1ccncc1C2.COC(=O)c1ccccc1-c1cc2c(c3ccccc13)-c1ccncc1C2. The second kappa shape index (κ2) is 13.2. The van der Waals surface area contributed by atoms with Crippen LogP contribution >= 0.6 is 0 Å². The molecule has 5 nitrogen and oxygen atoms in total. The quantitative estimate of drug-likeness (QED) is 0.185. The van der Waals surface area contributed by atoms with Gasteiger partial charge in [-0.1, -0.05) is 91.0 Å². The van der Waals surface area contributed by atoms with Crippen molar-refractivity contribution in [1.82, 2.24) is 9.97 Å². The molecule has 0 saturated carbocycles. The van der Waals surface area contributed by atoms with Crippen LogP contribution in [0.2, 0.25) is 0 Å². The Bertz CT molecular complexity index is 2780. The number of hydrogen-bond donors (Lipinski definition) is 1. The van der Waals surface area contributed by atoms with E-state index < -0.39 is 5.60 Å². The Morgan fingerprint density at radius 3 is 1.56 bits per heavy atom. The van der Waals surface area contributed by atoms with Gasteiger partial charge in [0.2, 0.25) is 0 Å². The zero-order chi connectivity index (χ0) is 37.0. The van der Waals surface area contributed by atoms with E-state index in [0.29, 0.717) is 5.56 Å². The summed E-state index contributed by atoms with van der Waals surface area (Å²) >= 11 is 0. The van der Waals surface area contributed by atoms with Crippen LogP contribution < -0.4 is 0 Å². The highest BCUT2D eigenvalue weighted by atomic mass is 16.5. The van der Waals surface area contributed by atoms with E-state index in [0.717, 1.165) is 40.5 Å². The van der Waals surface area contributed by atoms with E-state index in [1.807, 2.05) is 87.2 Å². The van der Waals surface area contributed by atoms with E-state index in [2.05, 4.69) is 82.8 Å². The van der Waals surface area contributed by atoms with Crippen molar-refractivity contribution in [3.63, 3.8) is 0 Å². The molecule has 2 aliphatic carbocycles. The van der Waals surface area contributed by atoms with Crippen LogP contribution in [0.3, 0.4) is 0 Å². The van der Waals surface area contributed by atoms with E-state index in [4.69, 9.17) is 4.74 Å². The van der Waals surface area contributed by atoms with Crippen LogP contribution in [0.1, 0.15) is 52.0 Å². The Balaban J connectivity index is 0.000000142. The smallest absolute Gasteiger partial charge is 0.338 e. The second-order valence-electron chi connectivity index (χ2n) is 14.6. The Morgan fingerprint density at radius 2 is 1.02 bits per heavy atom. The molecule has 0 aliphatic heterocycles. The highest BCUT2D eigenvalue weighted by molar-refractivity contribution is 6.11. The van der Waals surface area contributed by atoms with Gasteiger partial charge >= 0.3 is 5.97 Å². The second-order valence-corrected chi connectivity index (χ2v) is 14.6. The van der Waals surface area contributed by atoms with E-state index in [1.54, 1.807) is 0 Å². The van der Waals surface area contributed by atoms with Gasteiger partial charge in [-0.05, 0) is 138 Å². The summed E-state index contributed by atoms with van der Waals surface area (Å²) in [5.41, 5.74) is 15.2. The Morgan fingerprint density at radius 1 is 0.556 bits per heavy atom. The molecule has 0 unspecified atom stereocenters. The van der Waals surface area contributed by atoms with Gasteiger partial charge in [0, 0.05) is 37.6 Å². The normalized spacial score (nSPS) is 12.4. The maximum Gasteiger partial charge on any atom is 0.338 e. The van der Waals surface area contributed by atoms with E-state index in [-0.39, 0.29) is 5.97 Å². The van der Waals surface area contributed by atoms with Crippen LogP contribution in [0, 0.1) is 0 Å². The van der Waals surface area contributed by atoms with Gasteiger partial charge in [-0.15, -0.1) is 0 Å². The third-order valence-electron chi connectivity index (χ3n) is 10.9. The van der Waals surface area contributed by atoms with Gasteiger partial charge in [-0.3, -0.25) is 9.97 Å². The molecular weight excluding hydrogens is 665 g/mol. The molecule has 6 aromatic carbocycles. The molecule has 5 heteroatoms. The number of carbonyl (C=O) groups excluding carboxylic acids is 1. The predicted molar refractivity (Wildman–Crippen MR) is 217 cm³/mol. The fourth-order valence-corrected chi connectivity index (χ4v) is 8.52. The average Bonchev–Trinajstić information content (AvgIpc) is 3.78. The van der Waals surface area contributed by atoms with Crippen molar-refractivity contribution in [2.75, 3.05) is 7.11 Å². The van der Waals surface area contributed by atoms with Crippen LogP contribution in [0.4, 0.5) is 0 Å². The lowest BCUT2D eigenvalue weighted by Crippen LogP contribution is -2.16. The lowest BCUT2D eigenvalue weighted by atomic mass is 9.85. The fourth-order valence-electron chi connectivity index (χ4n) is 8.52. The van der Waals surface area contributed by atoms with Gasteiger partial charge in [0.15, 0.2) is 0 Å². The molecule has 2 aromatic heterocycles. The number of methoxy groups -OCH3 is 1. The topological polar surface area (TPSA) is 72.3 Å². The highest BCUT2D eigenvalue weighted by Gasteiger charge is 2.27. The monoisotopic (exact) mass is 702 g/mol. The first-order valence-electron chi connectivity index (χ1n) is 18.3. The van der Waals surface area contributed by atoms with Crippen molar-refractivity contribution in [2.24, 2.45) is 0 Å². The standard InChI is InChI=1S/C25H21NO.C24H17NO2/c1-25(2,27)23-10-6-5-8-20(23)22-14-16-13-17-15-26-12-11-18(17)24(16)21-9-4-3-7-19(21)22;1-27-24(26)21-9-5-3-7-19(21)22-13-15-12-16-14-25-11-10-17(16)23(15)20-8-4-2-6-18(20)22/h3-12,14-15,27H,13H2,1-2H3;2-11,13-14H,12H2,1H3. The van der Waals surface area contributed by atoms with E-state index in [1.165, 1.54) is 73.3 Å². The lowest BCUT2D eigenvalue weighted by molar-refractivity contribution is 0.0601. The molecule has 0 fully saturated rings. The van der Waals surface area contributed by atoms with Gasteiger partial charge in [-0.25, -0.2) is 4.79 Å². The van der Waals surface area contributed by atoms with Crippen molar-refractivity contribution >= 4 is 27.5 Å². The number of carbonyl (C=O) groups is 1. The van der Waals surface area contributed by atoms with E-state index >= 15 is 0 Å². The summed E-state index contributed by atoms with van der Waals surface area (Å²) in [5, 5.41) is 15.6. The van der Waals surface area contributed by atoms with Gasteiger partial charge in [0.05, 0.1) is 18.3 Å². The number of hydrogen-bond acceptors (Lipinski definition) is 5. The summed E-state index contributed by atoms with van der Waals surface area (Å²) in [4.78, 5) is 20.9. The van der Waals surface area contributed by atoms with Crippen molar-refractivity contribution in [3.8, 4) is 44.5 Å². The van der Waals surface area contributed by atoms with Crippen LogP contribution in [-0.2, 0) is 23.2 Å². The molecule has 0 saturated heterocycles. The molecule has 0 bridgehead atoms. The highest BCUT2D eigenvalue weighted by Crippen LogP contribution is 2.47. The number of fused-ring (bicyclic) bond motifs is 10. The molecule has 2 heterocycles. The third kappa shape index (κ3) is 5.56. The predicted octanol–water partition coefficient (Wildman–Crippen LogP) is 11.0. The summed E-state index contributed by atoms with van der Waals surface area (Å²) in [6, 6.07) is 41.5. The van der Waals surface area contributed by atoms with Crippen LogP contribution in [-0.4, -0.2) is 28.2 Å². The first kappa shape index (κ1) is 33.4. The van der Waals surface area contributed by atoms with Crippen LogP contribution in [0.5, 0.6) is 0 Å². The number of benzene rings is 6. The van der Waals surface area contributed by atoms with Gasteiger partial charge < -0.3 is 9.84 Å². The molecule has 0 amide bonds. The number of nitrogens with zero attached hydrogens (tertiary/aromatic N) is 2. The largest absolute Gasteiger partial charge is 0.465 e. The number of rotatable bonds is 4. The molecule has 54 heavy (non-hydrogen) atoms. The Labute approximate surface area is 314 Å². The van der Waals surface area contributed by atoms with Gasteiger partial charge in [0.1, 0.15) is 0 Å². The molecule has 0 spiro atoms. The van der Waals surface area contributed by atoms with Gasteiger partial charge in [-0.2, -0.15) is 0 Å². The minimum absolute atomic E-state index is 0.317. The van der Waals surface area contributed by atoms with Crippen molar-refractivity contribution < 1.29 is 14.6 Å². The first-order valence-corrected chi connectivity index (χ1v) is 18.3. The number of aliphatic hydroxyl groups is 1. The maximum atomic E-state index is 12.3. The minimum atomic E-state index is -0.899. The number of ether oxygens (including phenoxy) is 1. The lowest BCUT2D eigenvalue weighted by Gasteiger charge is -2.23. The molecule has 8 aromatic rings. The summed E-state index contributed by atoms with van der Waals surface area (Å²) in [6.45, 7) is 3.70. The molecule has 262 valence electrons. The first-order chi connectivity index (χ1) is 26.3. The minimum Gasteiger partial charge on any atom is -0.465 e. The number of pyridine rings is 2. The van der Waals surface area contributed by atoms with E-state index in [9.17, 15) is 9.90 Å². The van der Waals surface area contributed by atoms with Gasteiger partial charge in [0.25, 0.3) is 0 Å². The molecule has 10 rings (SSSR count). The molecule has 2 aliphatic rings. The Hall–Kier alpha value is -6.43. The number of esters is 1. The van der Waals surface area contributed by atoms with Crippen molar-refractivity contribution in [3.05, 3.63) is 179 Å². The molecule has 0 radical (unpaired) electrons. The average molecular weight is 703 g/mol. The van der Waals surface area contributed by atoms with Crippen LogP contribution in [0.25, 0.3) is 66.1 Å². The summed E-state index contributed by atoms with van der Waals surface area (Å²) in [6.07, 6.45) is 9.42. The molecule has 1 N–H and O–H groups in total. The Kier molecular flexibility index (Phi) is 8.17. The molecular formula is C49H38N2O3. The zero-order valence-corrected chi connectivity index (χ0v) is 30.4. The fraction of sp³-hybridized carbons (Fsp3) is 0.122. The molecule has 0 atom stereocenters. The zero-order valence-electron chi connectivity index (χ0n) is 30.4. The van der Waals surface area contributed by atoms with Crippen molar-refractivity contribution in [2.45, 2.75) is 32.3 Å². The summed E-state index contributed by atoms with van der Waals surface area (Å²) < 4.78 is 5.01. The summed E-state index contributed by atoms with van der Waals surface area (Å²) in [5.74, 6) is -0.317. The number of aromatic nitrogens is 2.